The number of nitrogens with one attached hydrogen (secondary N) is 1. The van der Waals surface area contributed by atoms with E-state index in [1.807, 2.05) is 60.3 Å². The molecule has 8 heteroatoms. The molecule has 1 aliphatic carbocycles. The number of carbonyl (C=O) groups excluding carboxylic acids is 1. The van der Waals surface area contributed by atoms with Crippen molar-refractivity contribution in [2.24, 2.45) is 7.05 Å². The summed E-state index contributed by atoms with van der Waals surface area (Å²) in [6.07, 6.45) is 6.12. The van der Waals surface area contributed by atoms with E-state index in [4.69, 9.17) is 9.47 Å². The Morgan fingerprint density at radius 1 is 1.20 bits per heavy atom. The third-order valence-electron chi connectivity index (χ3n) is 6.26. The zero-order valence-electron chi connectivity index (χ0n) is 20.0. The topological polar surface area (TPSA) is 94.1 Å². The van der Waals surface area contributed by atoms with Crippen LogP contribution in [0.15, 0.2) is 54.9 Å². The van der Waals surface area contributed by atoms with Crippen molar-refractivity contribution < 1.29 is 14.3 Å². The molecule has 1 fully saturated rings. The Kier molecular flexibility index (Phi) is 5.91. The molecule has 0 atom stereocenters. The smallest absolute Gasteiger partial charge is 0.411 e. The van der Waals surface area contributed by atoms with Crippen molar-refractivity contribution in [1.82, 2.24) is 14.1 Å². The SMILES string of the molecule is CC(C)OC(=O)Nc1ccc(-c2c(C#N)c3ccc(Oc4nccn4C)cc3n2C2CCC2)cc1. The van der Waals surface area contributed by atoms with Gasteiger partial charge in [-0.3, -0.25) is 5.32 Å². The molecule has 2 heterocycles. The zero-order valence-corrected chi connectivity index (χ0v) is 20.0. The molecule has 5 rings (SSSR count). The van der Waals surface area contributed by atoms with Crippen LogP contribution in [0.2, 0.25) is 0 Å². The minimum atomic E-state index is -0.491. The molecule has 35 heavy (non-hydrogen) atoms. The highest BCUT2D eigenvalue weighted by Gasteiger charge is 2.28. The number of rotatable bonds is 6. The van der Waals surface area contributed by atoms with Gasteiger partial charge in [-0.05, 0) is 62.9 Å². The first kappa shape index (κ1) is 22.5. The summed E-state index contributed by atoms with van der Waals surface area (Å²) in [6, 6.07) is 16.6. The van der Waals surface area contributed by atoms with E-state index in [0.29, 0.717) is 29.1 Å². The minimum absolute atomic E-state index is 0.197. The number of aryl methyl sites for hydroxylation is 1. The Morgan fingerprint density at radius 2 is 1.97 bits per heavy atom. The number of ether oxygens (including phenoxy) is 2. The van der Waals surface area contributed by atoms with Gasteiger partial charge in [0.2, 0.25) is 0 Å². The number of carbonyl (C=O) groups is 1. The second-order valence-electron chi connectivity index (χ2n) is 9.05. The first-order valence-electron chi connectivity index (χ1n) is 11.8. The van der Waals surface area contributed by atoms with E-state index in [2.05, 4.69) is 20.9 Å². The van der Waals surface area contributed by atoms with E-state index in [-0.39, 0.29) is 6.10 Å². The van der Waals surface area contributed by atoms with Crippen molar-refractivity contribution in [2.75, 3.05) is 5.32 Å². The number of fused-ring (bicyclic) bond motifs is 1. The van der Waals surface area contributed by atoms with E-state index >= 15 is 0 Å². The third-order valence-corrected chi connectivity index (χ3v) is 6.26. The predicted molar refractivity (Wildman–Crippen MR) is 133 cm³/mol. The van der Waals surface area contributed by atoms with Crippen LogP contribution in [0, 0.1) is 11.3 Å². The maximum absolute atomic E-state index is 12.0. The van der Waals surface area contributed by atoms with Crippen molar-refractivity contribution in [2.45, 2.75) is 45.3 Å². The van der Waals surface area contributed by atoms with E-state index < -0.39 is 6.09 Å². The largest absolute Gasteiger partial charge is 0.447 e. The Morgan fingerprint density at radius 3 is 2.57 bits per heavy atom. The Hall–Kier alpha value is -4.25. The van der Waals surface area contributed by atoms with Crippen molar-refractivity contribution >= 4 is 22.7 Å². The minimum Gasteiger partial charge on any atom is -0.447 e. The number of hydrogen-bond donors (Lipinski definition) is 1. The fraction of sp³-hybridized carbons (Fsp3) is 0.296. The molecule has 1 saturated carbocycles. The standard InChI is InChI=1S/C27H27N5O3/c1-17(2)34-27(33)30-19-9-7-18(8-10-19)25-23(16-28)22-12-11-21(35-26-29-13-14-31(26)3)15-24(22)32(25)20-5-4-6-20/h7-15,17,20H,4-6H2,1-3H3,(H,30,33). The van der Waals surface area contributed by atoms with Gasteiger partial charge < -0.3 is 18.6 Å². The highest BCUT2D eigenvalue weighted by molar-refractivity contribution is 5.96. The molecule has 0 unspecified atom stereocenters. The molecule has 0 aliphatic heterocycles. The molecule has 2 aromatic carbocycles. The summed E-state index contributed by atoms with van der Waals surface area (Å²) in [5, 5.41) is 13.8. The number of benzene rings is 2. The van der Waals surface area contributed by atoms with Gasteiger partial charge in [-0.1, -0.05) is 12.1 Å². The maximum atomic E-state index is 12.0. The Labute approximate surface area is 203 Å². The molecule has 1 aliphatic rings. The van der Waals surface area contributed by atoms with Gasteiger partial charge in [0, 0.05) is 42.6 Å². The third kappa shape index (κ3) is 4.33. The second-order valence-corrected chi connectivity index (χ2v) is 9.05. The molecule has 0 spiro atoms. The molecule has 1 N–H and O–H groups in total. The fourth-order valence-corrected chi connectivity index (χ4v) is 4.40. The van der Waals surface area contributed by atoms with E-state index in [1.165, 1.54) is 0 Å². The Bertz CT molecular complexity index is 1420. The van der Waals surface area contributed by atoms with Gasteiger partial charge in [-0.25, -0.2) is 9.78 Å². The Balaban J connectivity index is 1.56. The lowest BCUT2D eigenvalue weighted by Crippen LogP contribution is -2.18. The first-order chi connectivity index (χ1) is 16.9. The highest BCUT2D eigenvalue weighted by Crippen LogP contribution is 2.43. The number of imidazole rings is 1. The molecule has 0 radical (unpaired) electrons. The summed E-state index contributed by atoms with van der Waals surface area (Å²) in [5.41, 5.74) is 4.04. The van der Waals surface area contributed by atoms with Gasteiger partial charge in [0.15, 0.2) is 0 Å². The predicted octanol–water partition coefficient (Wildman–Crippen LogP) is 6.39. The highest BCUT2D eigenvalue weighted by atomic mass is 16.6. The lowest BCUT2D eigenvalue weighted by molar-refractivity contribution is 0.130. The molecular weight excluding hydrogens is 442 g/mol. The van der Waals surface area contributed by atoms with Crippen molar-refractivity contribution in [3.63, 3.8) is 0 Å². The molecule has 1 amide bonds. The quantitative estimate of drug-likeness (QED) is 0.353. The van der Waals surface area contributed by atoms with Crippen molar-refractivity contribution in [1.29, 1.82) is 5.26 Å². The van der Waals surface area contributed by atoms with Crippen LogP contribution in [0.1, 0.15) is 44.7 Å². The molecule has 0 bridgehead atoms. The van der Waals surface area contributed by atoms with Crippen LogP contribution >= 0.6 is 0 Å². The van der Waals surface area contributed by atoms with Crippen LogP contribution < -0.4 is 10.1 Å². The van der Waals surface area contributed by atoms with E-state index in [9.17, 15) is 10.1 Å². The molecule has 0 saturated heterocycles. The van der Waals surface area contributed by atoms with Gasteiger partial charge in [0.1, 0.15) is 11.8 Å². The zero-order chi connectivity index (χ0) is 24.5. The summed E-state index contributed by atoms with van der Waals surface area (Å²) in [4.78, 5) is 16.2. The lowest BCUT2D eigenvalue weighted by Gasteiger charge is -2.30. The average molecular weight is 470 g/mol. The van der Waals surface area contributed by atoms with Crippen molar-refractivity contribution in [3.8, 4) is 29.1 Å². The normalized spacial score (nSPS) is 13.5. The van der Waals surface area contributed by atoms with Crippen LogP contribution in [0.4, 0.5) is 10.5 Å². The van der Waals surface area contributed by atoms with Crippen LogP contribution in [-0.4, -0.2) is 26.3 Å². The number of nitrogens with zero attached hydrogens (tertiary/aromatic N) is 4. The van der Waals surface area contributed by atoms with Gasteiger partial charge >= 0.3 is 12.1 Å². The van der Waals surface area contributed by atoms with Crippen LogP contribution in [0.5, 0.6) is 11.8 Å². The molecule has 4 aromatic rings. The summed E-state index contributed by atoms with van der Waals surface area (Å²) in [7, 11) is 1.88. The van der Waals surface area contributed by atoms with Gasteiger partial charge in [0.05, 0.1) is 22.9 Å². The van der Waals surface area contributed by atoms with Crippen LogP contribution in [0.25, 0.3) is 22.2 Å². The number of nitriles is 1. The van der Waals surface area contributed by atoms with E-state index in [0.717, 1.165) is 41.4 Å². The molecule has 178 valence electrons. The number of hydrogen-bond acceptors (Lipinski definition) is 5. The summed E-state index contributed by atoms with van der Waals surface area (Å²) in [5.74, 6) is 0.670. The number of anilines is 1. The summed E-state index contributed by atoms with van der Waals surface area (Å²) >= 11 is 0. The molecular formula is C27H27N5O3. The maximum Gasteiger partial charge on any atom is 0.411 e. The number of aromatic nitrogens is 3. The summed E-state index contributed by atoms with van der Waals surface area (Å²) < 4.78 is 15.3. The monoisotopic (exact) mass is 469 g/mol. The van der Waals surface area contributed by atoms with Gasteiger partial charge in [-0.2, -0.15) is 5.26 Å². The van der Waals surface area contributed by atoms with E-state index in [1.54, 1.807) is 20.0 Å². The lowest BCUT2D eigenvalue weighted by atomic mass is 9.92. The molecule has 2 aromatic heterocycles. The van der Waals surface area contributed by atoms with Crippen LogP contribution in [0.3, 0.4) is 0 Å². The first-order valence-corrected chi connectivity index (χ1v) is 11.8. The van der Waals surface area contributed by atoms with Gasteiger partial charge in [-0.15, -0.1) is 0 Å². The van der Waals surface area contributed by atoms with Crippen LogP contribution in [-0.2, 0) is 11.8 Å². The second kappa shape index (κ2) is 9.18. The summed E-state index contributed by atoms with van der Waals surface area (Å²) in [6.45, 7) is 3.61. The van der Waals surface area contributed by atoms with Crippen molar-refractivity contribution in [3.05, 3.63) is 60.4 Å². The average Bonchev–Trinajstić information content (AvgIpc) is 3.33. The fourth-order valence-electron chi connectivity index (χ4n) is 4.40. The molecule has 8 nitrogen and oxygen atoms in total. The van der Waals surface area contributed by atoms with Gasteiger partial charge in [0.25, 0.3) is 0 Å². The number of amides is 1.